The highest BCUT2D eigenvalue weighted by Gasteiger charge is 2.14. The molecule has 0 radical (unpaired) electrons. The minimum Gasteiger partial charge on any atom is -0.389 e. The van der Waals surface area contributed by atoms with E-state index in [4.69, 9.17) is 0 Å². The molecule has 21 heavy (non-hydrogen) atoms. The van der Waals surface area contributed by atoms with E-state index in [0.29, 0.717) is 11.3 Å². The maximum Gasteiger partial charge on any atom is 0.261 e. The van der Waals surface area contributed by atoms with Gasteiger partial charge in [0.05, 0.1) is 11.0 Å². The number of sulfonamides is 1. The highest BCUT2D eigenvalue weighted by atomic mass is 32.2. The average molecular weight is 323 g/mol. The van der Waals surface area contributed by atoms with Gasteiger partial charge >= 0.3 is 0 Å². The predicted molar refractivity (Wildman–Crippen MR) is 86.1 cm³/mol. The number of aliphatic hydroxyl groups excluding tert-OH is 1. The second kappa shape index (κ2) is 6.51. The Morgan fingerprint density at radius 1 is 1.05 bits per heavy atom. The van der Waals surface area contributed by atoms with E-state index in [2.05, 4.69) is 4.72 Å². The van der Waals surface area contributed by atoms with Gasteiger partial charge in [0.25, 0.3) is 10.0 Å². The Hall–Kier alpha value is -1.50. The molecule has 2 aromatic carbocycles. The SMILES string of the molecule is CSc1ccc(NS(=O)(=O)c2ccc(C(C)O)cc2)cc1. The molecule has 0 saturated carbocycles. The van der Waals surface area contributed by atoms with Crippen LogP contribution in [0, 0.1) is 0 Å². The molecule has 0 aliphatic heterocycles. The molecule has 0 aliphatic rings. The van der Waals surface area contributed by atoms with E-state index in [1.54, 1.807) is 43.0 Å². The van der Waals surface area contributed by atoms with Crippen LogP contribution in [-0.2, 0) is 10.0 Å². The zero-order valence-electron chi connectivity index (χ0n) is 11.8. The summed E-state index contributed by atoms with van der Waals surface area (Å²) in [6.07, 6.45) is 1.34. The van der Waals surface area contributed by atoms with Crippen LogP contribution in [0.3, 0.4) is 0 Å². The molecule has 2 aromatic rings. The molecule has 0 heterocycles. The number of benzene rings is 2. The van der Waals surface area contributed by atoms with E-state index in [-0.39, 0.29) is 4.90 Å². The van der Waals surface area contributed by atoms with Crippen LogP contribution in [0.1, 0.15) is 18.6 Å². The zero-order chi connectivity index (χ0) is 15.5. The summed E-state index contributed by atoms with van der Waals surface area (Å²) in [6, 6.07) is 13.4. The maximum atomic E-state index is 12.3. The first kappa shape index (κ1) is 15.9. The second-order valence-electron chi connectivity index (χ2n) is 4.58. The fourth-order valence-electron chi connectivity index (χ4n) is 1.80. The molecule has 112 valence electrons. The zero-order valence-corrected chi connectivity index (χ0v) is 13.4. The van der Waals surface area contributed by atoms with Crippen molar-refractivity contribution in [3.63, 3.8) is 0 Å². The molecule has 6 heteroatoms. The van der Waals surface area contributed by atoms with E-state index in [1.165, 1.54) is 12.1 Å². The van der Waals surface area contributed by atoms with Crippen LogP contribution in [0.25, 0.3) is 0 Å². The van der Waals surface area contributed by atoms with Gasteiger partial charge in [0.2, 0.25) is 0 Å². The first-order chi connectivity index (χ1) is 9.92. The normalized spacial score (nSPS) is 12.9. The summed E-state index contributed by atoms with van der Waals surface area (Å²) in [5.74, 6) is 0. The highest BCUT2D eigenvalue weighted by molar-refractivity contribution is 7.98. The largest absolute Gasteiger partial charge is 0.389 e. The van der Waals surface area contributed by atoms with Gasteiger partial charge in [0, 0.05) is 10.6 Å². The molecular formula is C15H17NO3S2. The molecule has 1 unspecified atom stereocenters. The van der Waals surface area contributed by atoms with Crippen molar-refractivity contribution in [2.75, 3.05) is 11.0 Å². The Balaban J connectivity index is 2.20. The smallest absolute Gasteiger partial charge is 0.261 e. The summed E-state index contributed by atoms with van der Waals surface area (Å²) in [6.45, 7) is 1.63. The van der Waals surface area contributed by atoms with Crippen LogP contribution in [0.5, 0.6) is 0 Å². The highest BCUT2D eigenvalue weighted by Crippen LogP contribution is 2.21. The van der Waals surface area contributed by atoms with Gasteiger partial charge in [-0.05, 0) is 55.1 Å². The van der Waals surface area contributed by atoms with Crippen molar-refractivity contribution in [2.45, 2.75) is 22.8 Å². The van der Waals surface area contributed by atoms with Gasteiger partial charge in [-0.3, -0.25) is 4.72 Å². The second-order valence-corrected chi connectivity index (χ2v) is 7.14. The van der Waals surface area contributed by atoms with Crippen LogP contribution in [0.15, 0.2) is 58.3 Å². The van der Waals surface area contributed by atoms with E-state index in [0.717, 1.165) is 4.90 Å². The Kier molecular flexibility index (Phi) is 4.92. The molecule has 0 fully saturated rings. The Labute approximate surface area is 129 Å². The number of aliphatic hydroxyl groups is 1. The Bertz CT molecular complexity index is 693. The third-order valence-corrected chi connectivity index (χ3v) is 5.16. The van der Waals surface area contributed by atoms with Crippen molar-refractivity contribution in [3.8, 4) is 0 Å². The average Bonchev–Trinajstić information content (AvgIpc) is 2.48. The summed E-state index contributed by atoms with van der Waals surface area (Å²) < 4.78 is 27.1. The molecule has 0 bridgehead atoms. The van der Waals surface area contributed by atoms with Gasteiger partial charge in [-0.1, -0.05) is 12.1 Å². The van der Waals surface area contributed by atoms with Gasteiger partial charge in [0.1, 0.15) is 0 Å². The monoisotopic (exact) mass is 323 g/mol. The number of hydrogen-bond acceptors (Lipinski definition) is 4. The molecule has 0 amide bonds. The van der Waals surface area contributed by atoms with Crippen LogP contribution in [0.4, 0.5) is 5.69 Å². The lowest BCUT2D eigenvalue weighted by Gasteiger charge is -2.10. The maximum absolute atomic E-state index is 12.3. The van der Waals surface area contributed by atoms with Crippen molar-refractivity contribution in [3.05, 3.63) is 54.1 Å². The lowest BCUT2D eigenvalue weighted by atomic mass is 10.1. The molecule has 0 aromatic heterocycles. The van der Waals surface area contributed by atoms with Gasteiger partial charge in [-0.25, -0.2) is 8.42 Å². The van der Waals surface area contributed by atoms with E-state index in [9.17, 15) is 13.5 Å². The minimum absolute atomic E-state index is 0.167. The molecule has 1 atom stereocenters. The Morgan fingerprint density at radius 2 is 1.62 bits per heavy atom. The minimum atomic E-state index is -3.61. The van der Waals surface area contributed by atoms with Crippen LogP contribution in [-0.4, -0.2) is 19.8 Å². The van der Waals surface area contributed by atoms with Crippen molar-refractivity contribution in [2.24, 2.45) is 0 Å². The van der Waals surface area contributed by atoms with Crippen LogP contribution in [0.2, 0.25) is 0 Å². The van der Waals surface area contributed by atoms with Crippen molar-refractivity contribution < 1.29 is 13.5 Å². The van der Waals surface area contributed by atoms with E-state index < -0.39 is 16.1 Å². The number of anilines is 1. The van der Waals surface area contributed by atoms with Gasteiger partial charge < -0.3 is 5.11 Å². The molecule has 2 rings (SSSR count). The summed E-state index contributed by atoms with van der Waals surface area (Å²) in [7, 11) is -3.61. The third kappa shape index (κ3) is 4.00. The molecular weight excluding hydrogens is 306 g/mol. The molecule has 0 aliphatic carbocycles. The van der Waals surface area contributed by atoms with Crippen molar-refractivity contribution in [1.29, 1.82) is 0 Å². The summed E-state index contributed by atoms with van der Waals surface area (Å²) >= 11 is 1.60. The number of nitrogens with one attached hydrogen (secondary N) is 1. The van der Waals surface area contributed by atoms with Crippen molar-refractivity contribution in [1.82, 2.24) is 0 Å². The summed E-state index contributed by atoms with van der Waals surface area (Å²) in [5, 5.41) is 9.43. The van der Waals surface area contributed by atoms with Gasteiger partial charge in [-0.15, -0.1) is 11.8 Å². The lowest BCUT2D eigenvalue weighted by Crippen LogP contribution is -2.13. The van der Waals surface area contributed by atoms with Gasteiger partial charge in [-0.2, -0.15) is 0 Å². The number of rotatable bonds is 5. The molecule has 2 N–H and O–H groups in total. The standard InChI is InChI=1S/C15H17NO3S2/c1-11(17)12-3-9-15(10-4-12)21(18,19)16-13-5-7-14(20-2)8-6-13/h3-11,16-17H,1-2H3. The molecule has 4 nitrogen and oxygen atoms in total. The third-order valence-electron chi connectivity index (χ3n) is 3.02. The van der Waals surface area contributed by atoms with E-state index in [1.807, 2.05) is 18.4 Å². The summed E-state index contributed by atoms with van der Waals surface area (Å²) in [5.41, 5.74) is 1.20. The van der Waals surface area contributed by atoms with E-state index >= 15 is 0 Å². The fourth-order valence-corrected chi connectivity index (χ4v) is 3.27. The number of hydrogen-bond donors (Lipinski definition) is 2. The van der Waals surface area contributed by atoms with Gasteiger partial charge in [0.15, 0.2) is 0 Å². The first-order valence-corrected chi connectivity index (χ1v) is 9.08. The Morgan fingerprint density at radius 3 is 2.10 bits per heavy atom. The lowest BCUT2D eigenvalue weighted by molar-refractivity contribution is 0.199. The van der Waals surface area contributed by atoms with Crippen LogP contribution < -0.4 is 4.72 Å². The summed E-state index contributed by atoms with van der Waals surface area (Å²) in [4.78, 5) is 1.24. The van der Waals surface area contributed by atoms with Crippen molar-refractivity contribution >= 4 is 27.5 Å². The number of thioether (sulfide) groups is 1. The van der Waals surface area contributed by atoms with Crippen LogP contribution >= 0.6 is 11.8 Å². The fraction of sp³-hybridized carbons (Fsp3) is 0.200. The topological polar surface area (TPSA) is 66.4 Å². The predicted octanol–water partition coefficient (Wildman–Crippen LogP) is 3.26. The molecule has 0 spiro atoms. The molecule has 0 saturated heterocycles. The quantitative estimate of drug-likeness (QED) is 0.829. The first-order valence-electron chi connectivity index (χ1n) is 6.37.